The molecule has 1 fully saturated rings. The first-order chi connectivity index (χ1) is 9.16. The molecule has 2 unspecified atom stereocenters. The summed E-state index contributed by atoms with van der Waals surface area (Å²) in [6.45, 7) is 0.437. The van der Waals surface area contributed by atoms with Gasteiger partial charge in [-0.1, -0.05) is 30.3 Å². The molecule has 0 bridgehead atoms. The zero-order chi connectivity index (χ0) is 13.4. The van der Waals surface area contributed by atoms with Crippen molar-refractivity contribution in [2.45, 2.75) is 18.8 Å². The molecule has 3 amide bonds. The lowest BCUT2D eigenvalue weighted by atomic mass is 10.1. The highest BCUT2D eigenvalue weighted by Gasteiger charge is 2.45. The number of hydrogen-bond acceptors (Lipinski definition) is 4. The first-order valence-electron chi connectivity index (χ1n) is 6.07. The number of fused-ring (bicyclic) bond motifs is 1. The van der Waals surface area contributed by atoms with Crippen molar-refractivity contribution in [1.82, 2.24) is 15.1 Å². The number of carbonyl (C=O) groups is 2. The molecule has 2 aliphatic heterocycles. The van der Waals surface area contributed by atoms with Crippen LogP contribution in [-0.4, -0.2) is 47.3 Å². The average molecular weight is 258 g/mol. The Morgan fingerprint density at radius 1 is 1.26 bits per heavy atom. The molecular weight excluding hydrogens is 244 g/mol. The third-order valence-electron chi connectivity index (χ3n) is 3.40. The highest BCUT2D eigenvalue weighted by Crippen LogP contribution is 2.22. The van der Waals surface area contributed by atoms with Crippen LogP contribution in [0, 0.1) is 0 Å². The molecule has 2 atom stereocenters. The molecule has 2 heterocycles. The number of amides is 3. The maximum atomic E-state index is 12.0. The fraction of sp³-hybridized carbons (Fsp3) is 0.308. The second-order valence-electron chi connectivity index (χ2n) is 4.70. The molecule has 6 nitrogen and oxygen atoms in total. The highest BCUT2D eigenvalue weighted by molar-refractivity contribution is 6.01. The summed E-state index contributed by atoms with van der Waals surface area (Å²) in [6.07, 6.45) is 1.16. The Morgan fingerprint density at radius 2 is 2.00 bits per heavy atom. The molecule has 98 valence electrons. The average Bonchev–Trinajstić information content (AvgIpc) is 2.78. The molecule has 19 heavy (non-hydrogen) atoms. The van der Waals surface area contributed by atoms with Crippen LogP contribution in [-0.2, 0) is 11.3 Å². The van der Waals surface area contributed by atoms with Crippen LogP contribution in [0.5, 0.6) is 0 Å². The zero-order valence-electron chi connectivity index (χ0n) is 10.5. The summed E-state index contributed by atoms with van der Waals surface area (Å²) in [5.74, 6) is -0.292. The number of imide groups is 1. The number of nitrogens with zero attached hydrogens (tertiary/aromatic N) is 3. The van der Waals surface area contributed by atoms with Crippen molar-refractivity contribution in [2.24, 2.45) is 4.99 Å². The number of benzene rings is 1. The van der Waals surface area contributed by atoms with Crippen molar-refractivity contribution < 1.29 is 9.59 Å². The van der Waals surface area contributed by atoms with Gasteiger partial charge in [-0.05, 0) is 5.56 Å². The van der Waals surface area contributed by atoms with E-state index in [-0.39, 0.29) is 11.9 Å². The number of hydrogen-bond donors (Lipinski definition) is 1. The van der Waals surface area contributed by atoms with Gasteiger partial charge in [-0.2, -0.15) is 0 Å². The molecular formula is C13H14N4O2. The van der Waals surface area contributed by atoms with E-state index in [0.29, 0.717) is 6.54 Å². The Morgan fingerprint density at radius 3 is 2.74 bits per heavy atom. The summed E-state index contributed by atoms with van der Waals surface area (Å²) in [7, 11) is 1.78. The van der Waals surface area contributed by atoms with Gasteiger partial charge in [0.15, 0.2) is 12.2 Å². The van der Waals surface area contributed by atoms with Crippen LogP contribution in [0.2, 0.25) is 0 Å². The third kappa shape index (κ3) is 1.95. The van der Waals surface area contributed by atoms with Crippen molar-refractivity contribution in [3.63, 3.8) is 0 Å². The number of aliphatic imine (C=N–C) groups is 1. The summed E-state index contributed by atoms with van der Waals surface area (Å²) in [5, 5.41) is 2.38. The van der Waals surface area contributed by atoms with Gasteiger partial charge in [-0.25, -0.2) is 9.79 Å². The maximum Gasteiger partial charge on any atom is 0.326 e. The van der Waals surface area contributed by atoms with Gasteiger partial charge < -0.3 is 4.90 Å². The predicted octanol–water partition coefficient (Wildman–Crippen LogP) is 0.407. The molecule has 2 aliphatic rings. The third-order valence-corrected chi connectivity index (χ3v) is 3.40. The molecule has 1 aromatic rings. The van der Waals surface area contributed by atoms with Gasteiger partial charge in [0, 0.05) is 13.6 Å². The van der Waals surface area contributed by atoms with Crippen LogP contribution in [0.4, 0.5) is 4.79 Å². The van der Waals surface area contributed by atoms with Crippen LogP contribution >= 0.6 is 0 Å². The van der Waals surface area contributed by atoms with Crippen LogP contribution in [0.15, 0.2) is 35.3 Å². The molecule has 1 aromatic carbocycles. The minimum Gasteiger partial charge on any atom is -0.351 e. The van der Waals surface area contributed by atoms with Crippen molar-refractivity contribution in [2.75, 3.05) is 7.05 Å². The molecule has 3 rings (SSSR count). The normalized spacial score (nSPS) is 25.5. The van der Waals surface area contributed by atoms with Gasteiger partial charge in [0.2, 0.25) is 0 Å². The predicted molar refractivity (Wildman–Crippen MR) is 69.4 cm³/mol. The van der Waals surface area contributed by atoms with Gasteiger partial charge in [-0.3, -0.25) is 15.0 Å². The Labute approximate surface area is 110 Å². The van der Waals surface area contributed by atoms with E-state index >= 15 is 0 Å². The van der Waals surface area contributed by atoms with Crippen LogP contribution < -0.4 is 5.32 Å². The van der Waals surface area contributed by atoms with Crippen molar-refractivity contribution >= 4 is 18.3 Å². The number of urea groups is 1. The quantitative estimate of drug-likeness (QED) is 0.835. The second-order valence-corrected chi connectivity index (χ2v) is 4.70. The van der Waals surface area contributed by atoms with E-state index in [1.165, 1.54) is 0 Å². The van der Waals surface area contributed by atoms with Crippen LogP contribution in [0.25, 0.3) is 0 Å². The summed E-state index contributed by atoms with van der Waals surface area (Å²) in [4.78, 5) is 31.3. The Bertz CT molecular complexity index is 543. The summed E-state index contributed by atoms with van der Waals surface area (Å²) >= 11 is 0. The van der Waals surface area contributed by atoms with E-state index in [1.807, 2.05) is 30.3 Å². The molecule has 6 heteroatoms. The fourth-order valence-electron chi connectivity index (χ4n) is 2.43. The largest absolute Gasteiger partial charge is 0.351 e. The standard InChI is InChI=1S/C13H14N4O2/c1-16-8-14-11-10(16)12(18)15-13(19)17(11)7-9-5-3-2-4-6-9/h2-6,8,10-11H,7H2,1H3,(H,15,18,19). The first-order valence-corrected chi connectivity index (χ1v) is 6.07. The van der Waals surface area contributed by atoms with Gasteiger partial charge in [0.25, 0.3) is 5.91 Å². The van der Waals surface area contributed by atoms with E-state index in [1.54, 1.807) is 23.2 Å². The topological polar surface area (TPSA) is 65.0 Å². The SMILES string of the molecule is CN1C=NC2C1C(=O)NC(=O)N2Cc1ccccc1. The molecule has 0 saturated carbocycles. The lowest BCUT2D eigenvalue weighted by molar-refractivity contribution is -0.127. The molecule has 0 aromatic heterocycles. The van der Waals surface area contributed by atoms with Crippen LogP contribution in [0.1, 0.15) is 5.56 Å². The minimum absolute atomic E-state index is 0.292. The summed E-state index contributed by atoms with van der Waals surface area (Å²) < 4.78 is 0. The maximum absolute atomic E-state index is 12.0. The second kappa shape index (κ2) is 4.38. The van der Waals surface area contributed by atoms with E-state index in [2.05, 4.69) is 10.3 Å². The number of carbonyl (C=O) groups excluding carboxylic acids is 2. The lowest BCUT2D eigenvalue weighted by Crippen LogP contribution is -2.63. The molecule has 1 saturated heterocycles. The van der Waals surface area contributed by atoms with E-state index in [9.17, 15) is 9.59 Å². The zero-order valence-corrected chi connectivity index (χ0v) is 10.5. The molecule has 0 radical (unpaired) electrons. The molecule has 0 aliphatic carbocycles. The Balaban J connectivity index is 1.86. The van der Waals surface area contributed by atoms with Gasteiger partial charge >= 0.3 is 6.03 Å². The van der Waals surface area contributed by atoms with E-state index < -0.39 is 12.2 Å². The van der Waals surface area contributed by atoms with Gasteiger partial charge in [0.1, 0.15) is 0 Å². The van der Waals surface area contributed by atoms with Crippen molar-refractivity contribution in [1.29, 1.82) is 0 Å². The molecule has 1 N–H and O–H groups in total. The summed E-state index contributed by atoms with van der Waals surface area (Å²) in [6, 6.07) is 8.84. The molecule has 0 spiro atoms. The van der Waals surface area contributed by atoms with Gasteiger partial charge in [-0.15, -0.1) is 0 Å². The Hall–Kier alpha value is -2.37. The number of rotatable bonds is 2. The van der Waals surface area contributed by atoms with E-state index in [4.69, 9.17) is 0 Å². The van der Waals surface area contributed by atoms with E-state index in [0.717, 1.165) is 5.56 Å². The number of nitrogens with one attached hydrogen (secondary N) is 1. The fourth-order valence-corrected chi connectivity index (χ4v) is 2.43. The number of likely N-dealkylation sites (N-methyl/N-ethyl adjacent to an activating group) is 1. The lowest BCUT2D eigenvalue weighted by Gasteiger charge is -2.36. The monoisotopic (exact) mass is 258 g/mol. The van der Waals surface area contributed by atoms with Crippen molar-refractivity contribution in [3.05, 3.63) is 35.9 Å². The highest BCUT2D eigenvalue weighted by atomic mass is 16.2. The summed E-state index contributed by atoms with van der Waals surface area (Å²) in [5.41, 5.74) is 1.01. The van der Waals surface area contributed by atoms with Crippen molar-refractivity contribution in [3.8, 4) is 0 Å². The first kappa shape index (κ1) is 11.7. The van der Waals surface area contributed by atoms with Crippen LogP contribution in [0.3, 0.4) is 0 Å². The Kier molecular flexibility index (Phi) is 2.70. The smallest absolute Gasteiger partial charge is 0.326 e. The van der Waals surface area contributed by atoms with Gasteiger partial charge in [0.05, 0.1) is 6.34 Å². The minimum atomic E-state index is -0.438.